The van der Waals surface area contributed by atoms with E-state index in [1.807, 2.05) is 20.8 Å². The fourth-order valence-electron chi connectivity index (χ4n) is 2.60. The largest absolute Gasteiger partial charge is 0.495 e. The van der Waals surface area contributed by atoms with Gasteiger partial charge in [-0.1, -0.05) is 25.9 Å². The molecule has 0 saturated heterocycles. The molecule has 0 aliphatic heterocycles. The van der Waals surface area contributed by atoms with Crippen molar-refractivity contribution in [3.05, 3.63) is 35.5 Å². The first-order chi connectivity index (χ1) is 13.7. The zero-order chi connectivity index (χ0) is 22.9. The van der Waals surface area contributed by atoms with Gasteiger partial charge in [-0.2, -0.15) is 4.98 Å². The molecule has 2 rings (SSSR count). The maximum absolute atomic E-state index is 12.9. The molecule has 0 radical (unpaired) electrons. The van der Waals surface area contributed by atoms with Crippen LogP contribution in [0.4, 0.5) is 0 Å². The molecule has 166 valence electrons. The molecule has 0 aliphatic rings. The number of amides is 1. The Morgan fingerprint density at radius 2 is 1.80 bits per heavy atom. The average Bonchev–Trinajstić information content (AvgIpc) is 3.11. The molecule has 1 aromatic carbocycles. The monoisotopic (exact) mass is 438 g/mol. The summed E-state index contributed by atoms with van der Waals surface area (Å²) in [5.74, 6) is 0.443. The number of nitrogens with one attached hydrogen (secondary N) is 2. The van der Waals surface area contributed by atoms with Gasteiger partial charge in [-0.15, -0.1) is 0 Å². The smallest absolute Gasteiger partial charge is 0.252 e. The lowest BCUT2D eigenvalue weighted by atomic mass is 9.97. The van der Waals surface area contributed by atoms with Crippen LogP contribution in [0.15, 0.2) is 27.6 Å². The molecule has 1 amide bonds. The van der Waals surface area contributed by atoms with Gasteiger partial charge in [0.2, 0.25) is 15.9 Å². The number of aromatic nitrogens is 2. The van der Waals surface area contributed by atoms with Gasteiger partial charge >= 0.3 is 0 Å². The van der Waals surface area contributed by atoms with Crippen molar-refractivity contribution in [1.82, 2.24) is 20.2 Å². The molecule has 0 unspecified atom stereocenters. The third-order valence-corrected chi connectivity index (χ3v) is 5.84. The molecule has 10 heteroatoms. The molecule has 0 spiro atoms. The topological polar surface area (TPSA) is 123 Å². The first-order valence-corrected chi connectivity index (χ1v) is 11.0. The molecule has 2 aromatic rings. The maximum atomic E-state index is 12.9. The van der Waals surface area contributed by atoms with E-state index < -0.39 is 21.5 Å². The van der Waals surface area contributed by atoms with E-state index in [-0.39, 0.29) is 27.7 Å². The van der Waals surface area contributed by atoms with E-state index >= 15 is 0 Å². The minimum absolute atomic E-state index is 0.112. The molecular formula is C20H30N4O5S. The highest BCUT2D eigenvalue weighted by Gasteiger charge is 2.32. The molecular weight excluding hydrogens is 408 g/mol. The van der Waals surface area contributed by atoms with Crippen LogP contribution in [0.5, 0.6) is 5.75 Å². The van der Waals surface area contributed by atoms with Crippen LogP contribution in [0.3, 0.4) is 0 Å². The highest BCUT2D eigenvalue weighted by Crippen LogP contribution is 2.27. The Morgan fingerprint density at radius 3 is 2.30 bits per heavy atom. The molecule has 30 heavy (non-hydrogen) atoms. The number of sulfonamides is 1. The summed E-state index contributed by atoms with van der Waals surface area (Å²) >= 11 is 0. The molecule has 0 aliphatic carbocycles. The van der Waals surface area contributed by atoms with Crippen molar-refractivity contribution in [2.24, 2.45) is 0 Å². The Hall–Kier alpha value is -2.46. The number of ether oxygens (including phenoxy) is 1. The summed E-state index contributed by atoms with van der Waals surface area (Å²) in [6, 6.07) is 3.91. The van der Waals surface area contributed by atoms with Crippen molar-refractivity contribution in [3.8, 4) is 5.75 Å². The Kier molecular flexibility index (Phi) is 6.63. The first kappa shape index (κ1) is 23.8. The minimum atomic E-state index is -3.86. The minimum Gasteiger partial charge on any atom is -0.495 e. The summed E-state index contributed by atoms with van der Waals surface area (Å²) in [5.41, 5.74) is -1.11. The molecule has 1 heterocycles. The zero-order valence-corrected chi connectivity index (χ0v) is 19.5. The molecule has 2 N–H and O–H groups in total. The van der Waals surface area contributed by atoms with Gasteiger partial charge < -0.3 is 14.6 Å². The number of methoxy groups -OCH3 is 1. The maximum Gasteiger partial charge on any atom is 0.252 e. The molecule has 1 aromatic heterocycles. The Morgan fingerprint density at radius 1 is 1.17 bits per heavy atom. The van der Waals surface area contributed by atoms with E-state index in [1.165, 1.54) is 25.3 Å². The fourth-order valence-corrected chi connectivity index (χ4v) is 4.04. The summed E-state index contributed by atoms with van der Waals surface area (Å²) in [7, 11) is -2.49. The van der Waals surface area contributed by atoms with Gasteiger partial charge in [-0.05, 0) is 45.9 Å². The second kappa shape index (κ2) is 8.35. The molecule has 9 nitrogen and oxygen atoms in total. The van der Waals surface area contributed by atoms with Crippen LogP contribution in [0, 0.1) is 0 Å². The standard InChI is InChI=1S/C20H30N4O5S/c1-12(2)24-30(26,27)15-11-13(9-10-14(15)28-8)16(25)22-20(6,7)17-21-18(29-23-17)19(3,4)5/h9-12,24H,1-8H3,(H,22,25). The number of hydrogen-bond acceptors (Lipinski definition) is 7. The number of carbonyl (C=O) groups is 1. The van der Waals surface area contributed by atoms with E-state index in [4.69, 9.17) is 9.26 Å². The van der Waals surface area contributed by atoms with Crippen molar-refractivity contribution >= 4 is 15.9 Å². The third kappa shape index (κ3) is 5.37. The van der Waals surface area contributed by atoms with E-state index in [0.717, 1.165) is 0 Å². The fraction of sp³-hybridized carbons (Fsp3) is 0.550. The van der Waals surface area contributed by atoms with Crippen LogP contribution in [0.2, 0.25) is 0 Å². The molecule has 0 fully saturated rings. The van der Waals surface area contributed by atoms with Crippen LogP contribution >= 0.6 is 0 Å². The molecule has 0 saturated carbocycles. The summed E-state index contributed by atoms with van der Waals surface area (Å²) < 4.78 is 38.3. The Bertz CT molecular complexity index is 1020. The lowest BCUT2D eigenvalue weighted by molar-refractivity contribution is 0.0907. The second-order valence-corrected chi connectivity index (χ2v) is 10.6. The van der Waals surface area contributed by atoms with Gasteiger partial charge in [-0.25, -0.2) is 13.1 Å². The predicted octanol–water partition coefficient (Wildman–Crippen LogP) is 2.73. The Balaban J connectivity index is 2.34. The van der Waals surface area contributed by atoms with Gasteiger partial charge in [0.25, 0.3) is 5.91 Å². The quantitative estimate of drug-likeness (QED) is 0.681. The average molecular weight is 439 g/mol. The Labute approximate surface area is 177 Å². The van der Waals surface area contributed by atoms with Crippen LogP contribution < -0.4 is 14.8 Å². The van der Waals surface area contributed by atoms with Crippen molar-refractivity contribution < 1.29 is 22.5 Å². The van der Waals surface area contributed by atoms with E-state index in [9.17, 15) is 13.2 Å². The van der Waals surface area contributed by atoms with Crippen molar-refractivity contribution in [2.45, 2.75) is 70.4 Å². The summed E-state index contributed by atoms with van der Waals surface area (Å²) in [6.07, 6.45) is 0. The van der Waals surface area contributed by atoms with Crippen molar-refractivity contribution in [1.29, 1.82) is 0 Å². The van der Waals surface area contributed by atoms with Crippen LogP contribution in [0.1, 0.15) is 70.5 Å². The van der Waals surface area contributed by atoms with Crippen LogP contribution in [-0.4, -0.2) is 37.6 Å². The van der Waals surface area contributed by atoms with Gasteiger partial charge in [0.1, 0.15) is 10.6 Å². The second-order valence-electron chi connectivity index (χ2n) is 8.89. The predicted molar refractivity (Wildman–Crippen MR) is 112 cm³/mol. The molecule has 0 atom stereocenters. The first-order valence-electron chi connectivity index (χ1n) is 9.55. The number of rotatable bonds is 7. The summed E-state index contributed by atoms with van der Waals surface area (Å²) in [6.45, 7) is 12.7. The van der Waals surface area contributed by atoms with E-state index in [2.05, 4.69) is 20.2 Å². The highest BCUT2D eigenvalue weighted by atomic mass is 32.2. The van der Waals surface area contributed by atoms with E-state index in [0.29, 0.717) is 11.7 Å². The van der Waals surface area contributed by atoms with Crippen LogP contribution in [-0.2, 0) is 21.0 Å². The number of benzene rings is 1. The van der Waals surface area contributed by atoms with Crippen molar-refractivity contribution in [2.75, 3.05) is 7.11 Å². The van der Waals surface area contributed by atoms with E-state index in [1.54, 1.807) is 27.7 Å². The SMILES string of the molecule is COc1ccc(C(=O)NC(C)(C)c2noc(C(C)(C)C)n2)cc1S(=O)(=O)NC(C)C. The normalized spacial score (nSPS) is 12.8. The van der Waals surface area contributed by atoms with Crippen molar-refractivity contribution in [3.63, 3.8) is 0 Å². The summed E-state index contributed by atoms with van der Waals surface area (Å²) in [5, 5.41) is 6.82. The third-order valence-electron chi connectivity index (χ3n) is 4.16. The number of carbonyl (C=O) groups excluding carboxylic acids is 1. The lowest BCUT2D eigenvalue weighted by Gasteiger charge is -2.23. The van der Waals surface area contributed by atoms with Gasteiger partial charge in [-0.3, -0.25) is 4.79 Å². The summed E-state index contributed by atoms with van der Waals surface area (Å²) in [4.78, 5) is 17.2. The highest BCUT2D eigenvalue weighted by molar-refractivity contribution is 7.89. The molecule has 0 bridgehead atoms. The zero-order valence-electron chi connectivity index (χ0n) is 18.7. The number of hydrogen-bond donors (Lipinski definition) is 2. The van der Waals surface area contributed by atoms with Crippen LogP contribution in [0.25, 0.3) is 0 Å². The van der Waals surface area contributed by atoms with Gasteiger partial charge in [0.05, 0.1) is 12.6 Å². The number of nitrogens with zero attached hydrogens (tertiary/aromatic N) is 2. The lowest BCUT2D eigenvalue weighted by Crippen LogP contribution is -2.42. The van der Waals surface area contributed by atoms with Gasteiger partial charge in [0.15, 0.2) is 5.82 Å². The van der Waals surface area contributed by atoms with Gasteiger partial charge in [0, 0.05) is 17.0 Å².